The van der Waals surface area contributed by atoms with Gasteiger partial charge in [-0.25, -0.2) is 4.39 Å². The molecule has 0 radical (unpaired) electrons. The first-order valence-electron chi connectivity index (χ1n) is 10.6. The Hall–Kier alpha value is -1.94. The highest BCUT2D eigenvalue weighted by Gasteiger charge is 2.26. The maximum Gasteiger partial charge on any atom is 0.224 e. The van der Waals surface area contributed by atoms with E-state index < -0.39 is 11.2 Å². The van der Waals surface area contributed by atoms with Crippen LogP contribution in [-0.2, 0) is 28.9 Å². The molecule has 1 amide bonds. The Morgan fingerprint density at radius 1 is 1.32 bits per heavy atom. The lowest BCUT2D eigenvalue weighted by Crippen LogP contribution is -2.34. The molecule has 1 atom stereocenters. The summed E-state index contributed by atoms with van der Waals surface area (Å²) in [7, 11) is 0. The number of nitrogens with zero attached hydrogens (tertiary/aromatic N) is 2. The van der Waals surface area contributed by atoms with Gasteiger partial charge in [0.1, 0.15) is 11.6 Å². The molecule has 1 saturated heterocycles. The minimum atomic E-state index is -1.01. The lowest BCUT2D eigenvalue weighted by molar-refractivity contribution is -0.121. The first kappa shape index (κ1) is 20.9. The van der Waals surface area contributed by atoms with Crippen molar-refractivity contribution in [3.63, 3.8) is 0 Å². The maximum atomic E-state index is 13.4. The zero-order valence-corrected chi connectivity index (χ0v) is 18.7. The summed E-state index contributed by atoms with van der Waals surface area (Å²) in [5.74, 6) is 0.693. The van der Waals surface area contributed by atoms with Crippen LogP contribution in [0.15, 0.2) is 33.0 Å². The molecule has 2 aliphatic heterocycles. The van der Waals surface area contributed by atoms with Crippen LogP contribution in [0, 0.1) is 5.82 Å². The molecule has 3 aromatic rings. The number of hydrogen-bond acceptors (Lipinski definition) is 6. The third-order valence-corrected chi connectivity index (χ3v) is 9.14. The Morgan fingerprint density at radius 2 is 2.16 bits per heavy atom. The second-order valence-electron chi connectivity index (χ2n) is 8.19. The third kappa shape index (κ3) is 4.50. The first-order valence-corrected chi connectivity index (χ1v) is 12.7. The van der Waals surface area contributed by atoms with Gasteiger partial charge in [0.05, 0.1) is 18.7 Å². The molecule has 1 aromatic carbocycles. The highest BCUT2D eigenvalue weighted by Crippen LogP contribution is 2.33. The number of thiophene rings is 1. The van der Waals surface area contributed by atoms with Gasteiger partial charge in [-0.1, -0.05) is 16.5 Å². The number of nitrogens with one attached hydrogen (secondary N) is 1. The fourth-order valence-electron chi connectivity index (χ4n) is 4.44. The normalized spacial score (nSPS) is 18.8. The van der Waals surface area contributed by atoms with Crippen LogP contribution in [0.25, 0.3) is 11.0 Å². The average Bonchev–Trinajstić information content (AvgIpc) is 3.37. The van der Waals surface area contributed by atoms with Crippen LogP contribution < -0.4 is 5.32 Å². The van der Waals surface area contributed by atoms with Crippen LogP contribution in [-0.4, -0.2) is 45.9 Å². The van der Waals surface area contributed by atoms with E-state index in [0.717, 1.165) is 64.6 Å². The highest BCUT2D eigenvalue weighted by atomic mass is 32.2. The number of carbonyl (C=O) groups excluding carboxylic acids is 1. The Morgan fingerprint density at radius 3 is 3.00 bits per heavy atom. The molecule has 31 heavy (non-hydrogen) atoms. The van der Waals surface area contributed by atoms with Crippen LogP contribution in [0.1, 0.15) is 41.3 Å². The van der Waals surface area contributed by atoms with Crippen LogP contribution >= 0.6 is 11.3 Å². The largest absolute Gasteiger partial charge is 0.611 e. The van der Waals surface area contributed by atoms with E-state index in [9.17, 15) is 13.7 Å². The van der Waals surface area contributed by atoms with Gasteiger partial charge in [0.2, 0.25) is 10.1 Å². The van der Waals surface area contributed by atoms with Crippen LogP contribution in [0.4, 0.5) is 4.39 Å². The molecule has 1 N–H and O–H groups in total. The molecule has 164 valence electrons. The summed E-state index contributed by atoms with van der Waals surface area (Å²) in [6, 6.07) is 6.55. The molecule has 2 aliphatic rings. The monoisotopic (exact) mass is 461 g/mol. The van der Waals surface area contributed by atoms with E-state index >= 15 is 0 Å². The summed E-state index contributed by atoms with van der Waals surface area (Å²) in [5.41, 5.74) is 2.47. The van der Waals surface area contributed by atoms with E-state index in [1.54, 1.807) is 17.4 Å². The van der Waals surface area contributed by atoms with Gasteiger partial charge in [-0.15, -0.1) is 0 Å². The van der Waals surface area contributed by atoms with Crippen LogP contribution in [0.2, 0.25) is 0 Å². The van der Waals surface area contributed by atoms with Crippen LogP contribution in [0.5, 0.6) is 0 Å². The Bertz CT molecular complexity index is 1090. The third-order valence-electron chi connectivity index (χ3n) is 6.14. The van der Waals surface area contributed by atoms with Crippen molar-refractivity contribution in [1.29, 1.82) is 0 Å². The lowest BCUT2D eigenvalue weighted by Gasteiger charge is -2.31. The summed E-state index contributed by atoms with van der Waals surface area (Å²) in [4.78, 5) is 15.1. The summed E-state index contributed by atoms with van der Waals surface area (Å²) >= 11 is 0.551. The van der Waals surface area contributed by atoms with Crippen molar-refractivity contribution in [2.75, 3.05) is 25.4 Å². The van der Waals surface area contributed by atoms with Gasteiger partial charge in [0.15, 0.2) is 5.58 Å². The topological polar surface area (TPSA) is 81.4 Å². The maximum absolute atomic E-state index is 13.4. The number of amides is 1. The van der Waals surface area contributed by atoms with E-state index in [1.165, 1.54) is 12.1 Å². The van der Waals surface area contributed by atoms with Gasteiger partial charge in [0, 0.05) is 41.3 Å². The van der Waals surface area contributed by atoms with Crippen molar-refractivity contribution in [2.45, 2.75) is 42.4 Å². The van der Waals surface area contributed by atoms with Gasteiger partial charge in [-0.3, -0.25) is 4.79 Å². The van der Waals surface area contributed by atoms with Gasteiger partial charge in [-0.05, 0) is 54.8 Å². The number of halogens is 1. The number of carbonyl (C=O) groups is 1. The fraction of sp³-hybridized carbons (Fsp3) is 0.455. The van der Waals surface area contributed by atoms with Gasteiger partial charge < -0.3 is 19.3 Å². The Labute approximate surface area is 187 Å². The molecular formula is C22H24FN3O3S2. The smallest absolute Gasteiger partial charge is 0.224 e. The van der Waals surface area contributed by atoms with Crippen molar-refractivity contribution in [3.8, 4) is 0 Å². The SMILES string of the molecule is O=C1Cc2cc([S+]([O-])CCCN3CCC(c4noc5cc(F)ccc45)CC3)sc2CN1. The summed E-state index contributed by atoms with van der Waals surface area (Å²) in [5, 5.41) is 7.96. The zero-order chi connectivity index (χ0) is 21.4. The quantitative estimate of drug-likeness (QED) is 0.568. The predicted octanol–water partition coefficient (Wildman–Crippen LogP) is 3.58. The van der Waals surface area contributed by atoms with Crippen molar-refractivity contribution in [2.24, 2.45) is 0 Å². The van der Waals surface area contributed by atoms with Crippen LogP contribution in [0.3, 0.4) is 0 Å². The number of piperidine rings is 1. The molecule has 1 unspecified atom stereocenters. The molecule has 0 bridgehead atoms. The number of benzene rings is 1. The van der Waals surface area contributed by atoms with E-state index in [1.807, 2.05) is 6.07 Å². The standard InChI is InChI=1S/C22H24FN3O3S2/c23-16-2-3-17-18(12-16)29-25-22(17)14-4-7-26(8-5-14)6-1-9-31(28)21-11-15-10-20(27)24-13-19(15)30-21/h2-3,11-12,14H,1,4-10,13H2,(H,24,27). The van der Waals surface area contributed by atoms with Crippen molar-refractivity contribution in [3.05, 3.63) is 46.2 Å². The van der Waals surface area contributed by atoms with Crippen molar-refractivity contribution in [1.82, 2.24) is 15.4 Å². The van der Waals surface area contributed by atoms with Gasteiger partial charge in [-0.2, -0.15) is 0 Å². The van der Waals surface area contributed by atoms with Crippen molar-refractivity contribution >= 4 is 39.4 Å². The number of hydrogen-bond donors (Lipinski definition) is 1. The molecule has 9 heteroatoms. The number of aromatic nitrogens is 1. The van der Waals surface area contributed by atoms with E-state index in [-0.39, 0.29) is 11.7 Å². The van der Waals surface area contributed by atoms with E-state index in [4.69, 9.17) is 4.52 Å². The molecule has 4 heterocycles. The molecule has 0 spiro atoms. The average molecular weight is 462 g/mol. The highest BCUT2D eigenvalue weighted by molar-refractivity contribution is 7.93. The molecular weight excluding hydrogens is 437 g/mol. The molecule has 0 saturated carbocycles. The lowest BCUT2D eigenvalue weighted by atomic mass is 9.91. The summed E-state index contributed by atoms with van der Waals surface area (Å²) in [6.45, 7) is 3.41. The van der Waals surface area contributed by atoms with Gasteiger partial charge in [0.25, 0.3) is 0 Å². The number of fused-ring (bicyclic) bond motifs is 2. The minimum absolute atomic E-state index is 0.0387. The predicted molar refractivity (Wildman–Crippen MR) is 118 cm³/mol. The van der Waals surface area contributed by atoms with E-state index in [0.29, 0.717) is 30.2 Å². The first-order chi connectivity index (χ1) is 15.1. The van der Waals surface area contributed by atoms with Gasteiger partial charge >= 0.3 is 0 Å². The molecule has 5 rings (SSSR count). The molecule has 1 fully saturated rings. The second-order valence-corrected chi connectivity index (χ2v) is 11.1. The summed E-state index contributed by atoms with van der Waals surface area (Å²) < 4.78 is 32.3. The second kappa shape index (κ2) is 8.90. The zero-order valence-electron chi connectivity index (χ0n) is 17.1. The summed E-state index contributed by atoms with van der Waals surface area (Å²) in [6.07, 6.45) is 3.25. The Balaban J connectivity index is 1.10. The van der Waals surface area contributed by atoms with E-state index in [2.05, 4.69) is 15.4 Å². The molecule has 0 aliphatic carbocycles. The number of rotatable bonds is 6. The molecule has 2 aromatic heterocycles. The minimum Gasteiger partial charge on any atom is -0.611 e. The fourth-order valence-corrected chi connectivity index (χ4v) is 7.08. The van der Waals surface area contributed by atoms with Crippen molar-refractivity contribution < 1.29 is 18.3 Å². The Kier molecular flexibility index (Phi) is 6.01. The molecule has 6 nitrogen and oxygen atoms in total. The number of likely N-dealkylation sites (tertiary alicyclic amines) is 1.